The van der Waals surface area contributed by atoms with Gasteiger partial charge in [0, 0.05) is 31.5 Å². The van der Waals surface area contributed by atoms with Crippen molar-refractivity contribution >= 4 is 17.5 Å². The van der Waals surface area contributed by atoms with Crippen molar-refractivity contribution in [2.24, 2.45) is 5.73 Å². The number of hydrogen-bond donors (Lipinski definition) is 2. The van der Waals surface area contributed by atoms with E-state index < -0.39 is 5.91 Å². The summed E-state index contributed by atoms with van der Waals surface area (Å²) in [5, 5.41) is 4.00. The van der Waals surface area contributed by atoms with E-state index in [1.54, 1.807) is 7.11 Å². The van der Waals surface area contributed by atoms with Gasteiger partial charge < -0.3 is 20.5 Å². The zero-order valence-electron chi connectivity index (χ0n) is 16.6. The maximum Gasteiger partial charge on any atom is 0.255 e. The summed E-state index contributed by atoms with van der Waals surface area (Å²) >= 11 is 6.32. The maximum absolute atomic E-state index is 11.0. The van der Waals surface area contributed by atoms with E-state index in [-0.39, 0.29) is 6.61 Å². The van der Waals surface area contributed by atoms with Crippen LogP contribution in [0.15, 0.2) is 36.7 Å². The molecular formula is C21H27ClN4O3. The van der Waals surface area contributed by atoms with Crippen LogP contribution in [0.5, 0.6) is 11.5 Å². The van der Waals surface area contributed by atoms with Crippen LogP contribution in [0.1, 0.15) is 24.0 Å². The van der Waals surface area contributed by atoms with Gasteiger partial charge in [-0.25, -0.2) is 0 Å². The number of carbonyl (C=O) groups excluding carboxylic acids is 1. The predicted octanol–water partition coefficient (Wildman–Crippen LogP) is 2.36. The van der Waals surface area contributed by atoms with Crippen molar-refractivity contribution in [1.82, 2.24) is 15.2 Å². The van der Waals surface area contributed by atoms with E-state index in [2.05, 4.69) is 27.3 Å². The normalized spacial score (nSPS) is 15.2. The number of halogens is 1. The summed E-state index contributed by atoms with van der Waals surface area (Å²) in [5.74, 6) is 0.257. The fourth-order valence-corrected chi connectivity index (χ4v) is 3.75. The molecule has 3 rings (SSSR count). The number of nitrogens with one attached hydrogen (secondary N) is 1. The molecule has 156 valence electrons. The average molecular weight is 419 g/mol. The number of benzene rings is 1. The Labute approximate surface area is 176 Å². The number of primary amides is 1. The number of aromatic nitrogens is 1. The van der Waals surface area contributed by atoms with Gasteiger partial charge in [0.2, 0.25) is 0 Å². The highest BCUT2D eigenvalue weighted by atomic mass is 35.5. The molecule has 2 heterocycles. The first kappa shape index (κ1) is 21.4. The summed E-state index contributed by atoms with van der Waals surface area (Å²) < 4.78 is 10.7. The first-order valence-corrected chi connectivity index (χ1v) is 10.0. The van der Waals surface area contributed by atoms with Crippen LogP contribution < -0.4 is 20.5 Å². The second-order valence-electron chi connectivity index (χ2n) is 7.15. The number of piperidine rings is 1. The lowest BCUT2D eigenvalue weighted by Crippen LogP contribution is -2.41. The van der Waals surface area contributed by atoms with Crippen LogP contribution in [0, 0.1) is 0 Å². The van der Waals surface area contributed by atoms with E-state index in [9.17, 15) is 4.79 Å². The number of rotatable bonds is 9. The van der Waals surface area contributed by atoms with E-state index in [1.807, 2.05) is 24.5 Å². The van der Waals surface area contributed by atoms with Gasteiger partial charge in [-0.1, -0.05) is 11.6 Å². The number of carbonyl (C=O) groups is 1. The van der Waals surface area contributed by atoms with E-state index in [0.717, 1.165) is 38.0 Å². The van der Waals surface area contributed by atoms with Gasteiger partial charge in [-0.2, -0.15) is 0 Å². The molecule has 3 N–H and O–H groups in total. The molecule has 0 spiro atoms. The number of hydrogen-bond acceptors (Lipinski definition) is 6. The number of nitrogens with zero attached hydrogens (tertiary/aromatic N) is 2. The molecule has 2 aromatic rings. The quantitative estimate of drug-likeness (QED) is 0.649. The average Bonchev–Trinajstić information content (AvgIpc) is 2.72. The van der Waals surface area contributed by atoms with Crippen LogP contribution in [0.3, 0.4) is 0 Å². The molecule has 0 bridgehead atoms. The highest BCUT2D eigenvalue weighted by molar-refractivity contribution is 6.32. The van der Waals surface area contributed by atoms with Crippen LogP contribution in [-0.2, 0) is 17.9 Å². The van der Waals surface area contributed by atoms with Gasteiger partial charge in [-0.05, 0) is 61.3 Å². The van der Waals surface area contributed by atoms with Crippen molar-refractivity contribution in [2.75, 3.05) is 26.8 Å². The smallest absolute Gasteiger partial charge is 0.255 e. The summed E-state index contributed by atoms with van der Waals surface area (Å²) in [4.78, 5) is 17.5. The van der Waals surface area contributed by atoms with Gasteiger partial charge in [0.1, 0.15) is 0 Å². The van der Waals surface area contributed by atoms with Crippen LogP contribution in [0.25, 0.3) is 0 Å². The van der Waals surface area contributed by atoms with Crippen molar-refractivity contribution in [3.05, 3.63) is 52.8 Å². The molecule has 1 aromatic carbocycles. The molecule has 1 saturated heterocycles. The fraction of sp³-hybridized carbons (Fsp3) is 0.429. The van der Waals surface area contributed by atoms with Gasteiger partial charge in [0.15, 0.2) is 18.1 Å². The fourth-order valence-electron chi connectivity index (χ4n) is 3.46. The minimum absolute atomic E-state index is 0.244. The monoisotopic (exact) mass is 418 g/mol. The van der Waals surface area contributed by atoms with E-state index in [4.69, 9.17) is 26.8 Å². The number of nitrogens with two attached hydrogens (primary N) is 1. The molecule has 0 radical (unpaired) electrons. The third-order valence-electron chi connectivity index (χ3n) is 4.99. The van der Waals surface area contributed by atoms with Gasteiger partial charge in [0.25, 0.3) is 5.91 Å². The van der Waals surface area contributed by atoms with Crippen molar-refractivity contribution < 1.29 is 14.3 Å². The molecule has 1 aliphatic heterocycles. The van der Waals surface area contributed by atoms with Gasteiger partial charge in [-0.15, -0.1) is 0 Å². The molecule has 0 aliphatic carbocycles. The van der Waals surface area contributed by atoms with Crippen molar-refractivity contribution in [3.63, 3.8) is 0 Å². The number of methoxy groups -OCH3 is 1. The largest absolute Gasteiger partial charge is 0.493 e. The Hall–Kier alpha value is -2.35. The van der Waals surface area contributed by atoms with E-state index in [1.165, 1.54) is 5.56 Å². The Morgan fingerprint density at radius 1 is 1.28 bits per heavy atom. The SMILES string of the molecule is COc1cc(CNC2CCN(Cc3ccncc3)CC2)cc(Cl)c1OCC(N)=O. The highest BCUT2D eigenvalue weighted by Gasteiger charge is 2.19. The molecule has 29 heavy (non-hydrogen) atoms. The summed E-state index contributed by atoms with van der Waals surface area (Å²) in [6.07, 6.45) is 5.87. The van der Waals surface area contributed by atoms with Crippen molar-refractivity contribution in [2.45, 2.75) is 32.0 Å². The second-order valence-corrected chi connectivity index (χ2v) is 7.56. The molecule has 1 aliphatic rings. The van der Waals surface area contributed by atoms with Crippen molar-refractivity contribution in [3.8, 4) is 11.5 Å². The lowest BCUT2D eigenvalue weighted by Gasteiger charge is -2.32. The zero-order chi connectivity index (χ0) is 20.6. The number of likely N-dealkylation sites (tertiary alicyclic amines) is 1. The molecule has 0 saturated carbocycles. The second kappa shape index (κ2) is 10.4. The maximum atomic E-state index is 11.0. The topological polar surface area (TPSA) is 89.7 Å². The predicted molar refractivity (Wildman–Crippen MR) is 112 cm³/mol. The lowest BCUT2D eigenvalue weighted by molar-refractivity contribution is -0.119. The molecule has 1 aromatic heterocycles. The highest BCUT2D eigenvalue weighted by Crippen LogP contribution is 2.36. The Morgan fingerprint density at radius 3 is 2.66 bits per heavy atom. The third kappa shape index (κ3) is 6.32. The molecule has 0 atom stereocenters. The first-order valence-electron chi connectivity index (χ1n) is 9.67. The van der Waals surface area contributed by atoms with E-state index in [0.29, 0.717) is 29.1 Å². The zero-order valence-corrected chi connectivity index (χ0v) is 17.3. The Kier molecular flexibility index (Phi) is 7.69. The summed E-state index contributed by atoms with van der Waals surface area (Å²) in [6, 6.07) is 8.29. The molecule has 1 fully saturated rings. The standard InChI is InChI=1S/C21H27ClN4O3/c1-28-19-11-16(10-18(22)21(19)29-14-20(23)27)12-25-17-4-8-26(9-5-17)13-15-2-6-24-7-3-15/h2-3,6-7,10-11,17,25H,4-5,8-9,12-14H2,1H3,(H2,23,27). The lowest BCUT2D eigenvalue weighted by atomic mass is 10.0. The Bertz CT molecular complexity index is 811. The molecule has 0 unspecified atom stereocenters. The number of ether oxygens (including phenoxy) is 2. The minimum atomic E-state index is -0.566. The van der Waals surface area contributed by atoms with Gasteiger partial charge in [0.05, 0.1) is 12.1 Å². The van der Waals surface area contributed by atoms with E-state index >= 15 is 0 Å². The van der Waals surface area contributed by atoms with Crippen LogP contribution in [0.2, 0.25) is 5.02 Å². The number of amides is 1. The molecule has 1 amide bonds. The summed E-state index contributed by atoms with van der Waals surface area (Å²) in [6.45, 7) is 3.52. The summed E-state index contributed by atoms with van der Waals surface area (Å²) in [7, 11) is 1.54. The third-order valence-corrected chi connectivity index (χ3v) is 5.27. The van der Waals surface area contributed by atoms with Crippen LogP contribution in [0.4, 0.5) is 0 Å². The first-order chi connectivity index (χ1) is 14.0. The Morgan fingerprint density at radius 2 is 2.00 bits per heavy atom. The molecule has 7 nitrogen and oxygen atoms in total. The van der Waals surface area contributed by atoms with Gasteiger partial charge >= 0.3 is 0 Å². The van der Waals surface area contributed by atoms with Crippen LogP contribution in [-0.4, -0.2) is 48.6 Å². The van der Waals surface area contributed by atoms with Crippen LogP contribution >= 0.6 is 11.6 Å². The minimum Gasteiger partial charge on any atom is -0.493 e. The molecule has 8 heteroatoms. The Balaban J connectivity index is 1.50. The number of pyridine rings is 1. The summed E-state index contributed by atoms with van der Waals surface area (Å²) in [5.41, 5.74) is 7.43. The van der Waals surface area contributed by atoms with Crippen molar-refractivity contribution in [1.29, 1.82) is 0 Å². The molecular weight excluding hydrogens is 392 g/mol. The van der Waals surface area contributed by atoms with Gasteiger partial charge in [-0.3, -0.25) is 14.7 Å².